The highest BCUT2D eigenvalue weighted by molar-refractivity contribution is 6.45. The molecule has 1 aromatic carbocycles. The van der Waals surface area contributed by atoms with Gasteiger partial charge in [-0.1, -0.05) is 6.07 Å². The summed E-state index contributed by atoms with van der Waals surface area (Å²) in [5.41, 5.74) is 8.35. The molecular formula is C13H12N6O. The van der Waals surface area contributed by atoms with Crippen LogP contribution in [0.2, 0.25) is 0 Å². The number of pyridine rings is 1. The van der Waals surface area contributed by atoms with Crippen molar-refractivity contribution >= 4 is 28.0 Å². The molecule has 0 bridgehead atoms. The van der Waals surface area contributed by atoms with Crippen molar-refractivity contribution in [3.05, 3.63) is 30.5 Å². The SMILES string of the molecule is COc1nccc2ccc(N/N=C(\C#N)C(=N)N)cc12. The predicted octanol–water partition coefficient (Wildman–Crippen LogP) is 1.47. The van der Waals surface area contributed by atoms with Gasteiger partial charge in [0.25, 0.3) is 0 Å². The van der Waals surface area contributed by atoms with Gasteiger partial charge in [-0.15, -0.1) is 0 Å². The highest BCUT2D eigenvalue weighted by atomic mass is 16.5. The Kier molecular flexibility index (Phi) is 3.77. The summed E-state index contributed by atoms with van der Waals surface area (Å²) < 4.78 is 5.19. The zero-order valence-electron chi connectivity index (χ0n) is 10.7. The Morgan fingerprint density at radius 2 is 2.30 bits per heavy atom. The largest absolute Gasteiger partial charge is 0.481 e. The molecule has 0 saturated heterocycles. The molecule has 0 amide bonds. The number of hydrazone groups is 1. The Morgan fingerprint density at radius 1 is 1.50 bits per heavy atom. The lowest BCUT2D eigenvalue weighted by atomic mass is 10.1. The van der Waals surface area contributed by atoms with E-state index >= 15 is 0 Å². The second kappa shape index (κ2) is 5.67. The van der Waals surface area contributed by atoms with Gasteiger partial charge in [0, 0.05) is 11.6 Å². The fraction of sp³-hybridized carbons (Fsp3) is 0.0769. The third-order valence-corrected chi connectivity index (χ3v) is 2.58. The summed E-state index contributed by atoms with van der Waals surface area (Å²) in [5, 5.41) is 21.5. The number of aromatic nitrogens is 1. The predicted molar refractivity (Wildman–Crippen MR) is 76.9 cm³/mol. The third kappa shape index (κ3) is 2.64. The molecule has 1 aromatic heterocycles. The third-order valence-electron chi connectivity index (χ3n) is 2.58. The molecule has 7 nitrogen and oxygen atoms in total. The molecule has 4 N–H and O–H groups in total. The lowest BCUT2D eigenvalue weighted by Gasteiger charge is -2.06. The van der Waals surface area contributed by atoms with Crippen LogP contribution in [0, 0.1) is 16.7 Å². The topological polar surface area (TPSA) is 120 Å². The van der Waals surface area contributed by atoms with Gasteiger partial charge in [-0.2, -0.15) is 10.4 Å². The number of benzene rings is 1. The number of anilines is 1. The van der Waals surface area contributed by atoms with Crippen LogP contribution in [0.25, 0.3) is 10.8 Å². The molecule has 0 unspecified atom stereocenters. The molecule has 100 valence electrons. The maximum atomic E-state index is 8.76. The van der Waals surface area contributed by atoms with Crippen molar-refractivity contribution in [2.75, 3.05) is 12.5 Å². The number of fused-ring (bicyclic) bond motifs is 1. The smallest absolute Gasteiger partial charge is 0.221 e. The zero-order valence-corrected chi connectivity index (χ0v) is 10.7. The minimum Gasteiger partial charge on any atom is -0.481 e. The first-order valence-corrected chi connectivity index (χ1v) is 5.66. The van der Waals surface area contributed by atoms with Crippen LogP contribution in [-0.2, 0) is 0 Å². The fourth-order valence-electron chi connectivity index (χ4n) is 1.64. The van der Waals surface area contributed by atoms with Crippen molar-refractivity contribution in [1.29, 1.82) is 10.7 Å². The van der Waals surface area contributed by atoms with E-state index in [2.05, 4.69) is 15.5 Å². The first-order chi connectivity index (χ1) is 9.65. The van der Waals surface area contributed by atoms with E-state index in [0.29, 0.717) is 11.6 Å². The van der Waals surface area contributed by atoms with Gasteiger partial charge in [-0.3, -0.25) is 10.8 Å². The number of nitriles is 1. The molecule has 0 saturated carbocycles. The minimum absolute atomic E-state index is 0.178. The fourth-order valence-corrected chi connectivity index (χ4v) is 1.64. The number of amidine groups is 1. The number of hydrogen-bond acceptors (Lipinski definition) is 6. The van der Waals surface area contributed by atoms with E-state index in [1.807, 2.05) is 12.1 Å². The lowest BCUT2D eigenvalue weighted by molar-refractivity contribution is 0.403. The summed E-state index contributed by atoms with van der Waals surface area (Å²) in [4.78, 5) is 4.11. The van der Waals surface area contributed by atoms with Crippen molar-refractivity contribution < 1.29 is 4.74 Å². The number of nitrogens with one attached hydrogen (secondary N) is 2. The molecule has 0 atom stereocenters. The van der Waals surface area contributed by atoms with Crippen LogP contribution in [0.5, 0.6) is 5.88 Å². The number of methoxy groups -OCH3 is 1. The first-order valence-electron chi connectivity index (χ1n) is 5.66. The average Bonchev–Trinajstić information content (AvgIpc) is 2.46. The van der Waals surface area contributed by atoms with Crippen LogP contribution in [0.1, 0.15) is 0 Å². The molecule has 7 heteroatoms. The van der Waals surface area contributed by atoms with Crippen LogP contribution < -0.4 is 15.9 Å². The molecule has 2 aromatic rings. The van der Waals surface area contributed by atoms with Crippen LogP contribution in [0.3, 0.4) is 0 Å². The van der Waals surface area contributed by atoms with Gasteiger partial charge in [-0.05, 0) is 23.6 Å². The zero-order chi connectivity index (χ0) is 14.5. The molecule has 0 aliphatic heterocycles. The van der Waals surface area contributed by atoms with Gasteiger partial charge >= 0.3 is 0 Å². The summed E-state index contributed by atoms with van der Waals surface area (Å²) in [7, 11) is 1.55. The maximum absolute atomic E-state index is 8.76. The molecule has 0 aliphatic rings. The summed E-state index contributed by atoms with van der Waals surface area (Å²) in [6, 6.07) is 9.05. The van der Waals surface area contributed by atoms with E-state index < -0.39 is 0 Å². The molecule has 0 aliphatic carbocycles. The quantitative estimate of drug-likeness (QED) is 0.440. The molecule has 1 heterocycles. The van der Waals surface area contributed by atoms with Crippen molar-refractivity contribution in [2.45, 2.75) is 0 Å². The Balaban J connectivity index is 2.37. The normalized spacial score (nSPS) is 10.9. The number of rotatable bonds is 4. The van der Waals surface area contributed by atoms with E-state index in [1.165, 1.54) is 0 Å². The standard InChI is InChI=1S/C13H12N6O/c1-20-13-10-6-9(3-2-8(10)4-5-17-13)18-19-11(7-14)12(15)16/h2-6,18H,1H3,(H3,15,16)/b19-11+. The highest BCUT2D eigenvalue weighted by Gasteiger charge is 2.04. The second-order valence-corrected chi connectivity index (χ2v) is 3.85. The maximum Gasteiger partial charge on any atom is 0.221 e. The second-order valence-electron chi connectivity index (χ2n) is 3.85. The Morgan fingerprint density at radius 3 is 2.95 bits per heavy atom. The van der Waals surface area contributed by atoms with E-state index in [1.54, 1.807) is 31.5 Å². The molecule has 0 fully saturated rings. The Bertz CT molecular complexity index is 731. The van der Waals surface area contributed by atoms with E-state index in [0.717, 1.165) is 10.8 Å². The van der Waals surface area contributed by atoms with Crippen LogP contribution >= 0.6 is 0 Å². The highest BCUT2D eigenvalue weighted by Crippen LogP contribution is 2.25. The van der Waals surface area contributed by atoms with Crippen LogP contribution in [-0.4, -0.2) is 23.6 Å². The van der Waals surface area contributed by atoms with Crippen molar-refractivity contribution in [3.63, 3.8) is 0 Å². The molecule has 2 rings (SSSR count). The summed E-state index contributed by atoms with van der Waals surface area (Å²) in [6.45, 7) is 0. The lowest BCUT2D eigenvalue weighted by Crippen LogP contribution is -2.21. The number of nitrogens with zero attached hydrogens (tertiary/aromatic N) is 3. The van der Waals surface area contributed by atoms with Gasteiger partial charge in [0.2, 0.25) is 11.6 Å². The first kappa shape index (κ1) is 13.3. The van der Waals surface area contributed by atoms with Gasteiger partial charge in [0.05, 0.1) is 12.8 Å². The van der Waals surface area contributed by atoms with E-state index in [4.69, 9.17) is 21.1 Å². The van der Waals surface area contributed by atoms with Crippen LogP contribution in [0.4, 0.5) is 5.69 Å². The van der Waals surface area contributed by atoms with Gasteiger partial charge in [0.15, 0.2) is 5.84 Å². The Hall–Kier alpha value is -3.14. The average molecular weight is 268 g/mol. The summed E-state index contributed by atoms with van der Waals surface area (Å²) >= 11 is 0. The molecule has 0 radical (unpaired) electrons. The van der Waals surface area contributed by atoms with Crippen molar-refractivity contribution in [1.82, 2.24) is 4.98 Å². The monoisotopic (exact) mass is 268 g/mol. The molecular weight excluding hydrogens is 256 g/mol. The van der Waals surface area contributed by atoms with Gasteiger partial charge in [0.1, 0.15) is 6.07 Å². The number of hydrogen-bond donors (Lipinski definition) is 3. The van der Waals surface area contributed by atoms with Crippen LogP contribution in [0.15, 0.2) is 35.6 Å². The summed E-state index contributed by atoms with van der Waals surface area (Å²) in [6.07, 6.45) is 1.66. The van der Waals surface area contributed by atoms with E-state index in [9.17, 15) is 0 Å². The number of ether oxygens (including phenoxy) is 1. The van der Waals surface area contributed by atoms with Gasteiger partial charge in [-0.25, -0.2) is 4.98 Å². The number of nitrogens with two attached hydrogens (primary N) is 1. The van der Waals surface area contributed by atoms with Crippen molar-refractivity contribution in [2.24, 2.45) is 10.8 Å². The molecule has 0 spiro atoms. The minimum atomic E-state index is -0.389. The molecule has 20 heavy (non-hydrogen) atoms. The van der Waals surface area contributed by atoms with E-state index in [-0.39, 0.29) is 11.5 Å². The van der Waals surface area contributed by atoms with Gasteiger partial charge < -0.3 is 10.5 Å². The Labute approximate surface area is 115 Å². The van der Waals surface area contributed by atoms with Crippen molar-refractivity contribution in [3.8, 4) is 11.9 Å². The summed E-state index contributed by atoms with van der Waals surface area (Å²) in [5.74, 6) is 0.113.